The van der Waals surface area contributed by atoms with E-state index in [0.717, 1.165) is 32.4 Å². The summed E-state index contributed by atoms with van der Waals surface area (Å²) in [4.78, 5) is 2.26. The number of rotatable bonds is 7. The number of hydrogen-bond donors (Lipinski definition) is 2. The number of ether oxygens (including phenoxy) is 1. The van der Waals surface area contributed by atoms with Crippen molar-refractivity contribution in [1.29, 1.82) is 0 Å². The smallest absolute Gasteiger partial charge is 0.0896 e. The van der Waals surface area contributed by atoms with Crippen molar-refractivity contribution in [3.05, 3.63) is 0 Å². The highest BCUT2D eigenvalue weighted by Crippen LogP contribution is 2.42. The molecule has 2 unspecified atom stereocenters. The van der Waals surface area contributed by atoms with Crippen molar-refractivity contribution in [2.24, 2.45) is 5.92 Å². The largest absolute Gasteiger partial charge is 0.396 e. The van der Waals surface area contributed by atoms with Crippen LogP contribution < -0.4 is 0 Å². The van der Waals surface area contributed by atoms with Crippen molar-refractivity contribution in [2.45, 2.75) is 64.3 Å². The summed E-state index contributed by atoms with van der Waals surface area (Å²) in [6.07, 6.45) is 2.59. The van der Waals surface area contributed by atoms with Gasteiger partial charge in [-0.1, -0.05) is 0 Å². The lowest BCUT2D eigenvalue weighted by Gasteiger charge is -2.30. The molecule has 2 atom stereocenters. The Morgan fingerprint density at radius 2 is 1.68 bits per heavy atom. The second-order valence-electron chi connectivity index (χ2n) is 6.91. The molecule has 1 saturated heterocycles. The van der Waals surface area contributed by atoms with Crippen LogP contribution in [-0.4, -0.2) is 59.2 Å². The Morgan fingerprint density at radius 3 is 2.16 bits per heavy atom. The Kier molecular flexibility index (Phi) is 5.80. The zero-order valence-corrected chi connectivity index (χ0v) is 13.1. The molecule has 1 aliphatic heterocycles. The van der Waals surface area contributed by atoms with Gasteiger partial charge >= 0.3 is 0 Å². The Bertz CT molecular complexity index is 279. The molecule has 0 aromatic heterocycles. The molecule has 1 heterocycles. The first-order valence-electron chi connectivity index (χ1n) is 7.38. The maximum absolute atomic E-state index is 10.4. The molecule has 0 radical (unpaired) electrons. The number of unbranched alkanes of at least 4 members (excludes halogenated alkanes) is 2. The summed E-state index contributed by atoms with van der Waals surface area (Å²) < 4.78 is 6.00. The summed E-state index contributed by atoms with van der Waals surface area (Å²) >= 11 is 0. The number of aliphatic hydroxyl groups excluding tert-OH is 2. The Labute approximate surface area is 117 Å². The van der Waals surface area contributed by atoms with Gasteiger partial charge in [0, 0.05) is 19.1 Å². The lowest BCUT2D eigenvalue weighted by molar-refractivity contribution is -0.0912. The van der Waals surface area contributed by atoms with E-state index >= 15 is 0 Å². The molecule has 1 aliphatic rings. The fourth-order valence-corrected chi connectivity index (χ4v) is 3.10. The van der Waals surface area contributed by atoms with Crippen LogP contribution in [-0.2, 0) is 4.74 Å². The van der Waals surface area contributed by atoms with Gasteiger partial charge in [0.25, 0.3) is 0 Å². The molecule has 4 heteroatoms. The molecule has 0 bridgehead atoms. The lowest BCUT2D eigenvalue weighted by Crippen LogP contribution is -2.42. The van der Waals surface area contributed by atoms with E-state index in [1.165, 1.54) is 0 Å². The molecule has 2 N–H and O–H groups in total. The predicted molar refractivity (Wildman–Crippen MR) is 77.2 cm³/mol. The minimum atomic E-state index is -0.466. The molecule has 0 saturated carbocycles. The van der Waals surface area contributed by atoms with Crippen LogP contribution in [0.25, 0.3) is 0 Å². The van der Waals surface area contributed by atoms with Gasteiger partial charge in [-0.25, -0.2) is 0 Å². The minimum Gasteiger partial charge on any atom is -0.396 e. The van der Waals surface area contributed by atoms with Crippen molar-refractivity contribution >= 4 is 0 Å². The molecular weight excluding hydrogens is 242 g/mol. The van der Waals surface area contributed by atoms with Crippen molar-refractivity contribution in [2.75, 3.05) is 26.7 Å². The topological polar surface area (TPSA) is 52.9 Å². The van der Waals surface area contributed by atoms with Crippen LogP contribution in [0.4, 0.5) is 0 Å². The van der Waals surface area contributed by atoms with Crippen LogP contribution in [0.5, 0.6) is 0 Å². The molecule has 114 valence electrons. The van der Waals surface area contributed by atoms with Crippen LogP contribution in [0.2, 0.25) is 0 Å². The van der Waals surface area contributed by atoms with Crippen LogP contribution >= 0.6 is 0 Å². The molecule has 0 aromatic rings. The second kappa shape index (κ2) is 6.53. The fourth-order valence-electron chi connectivity index (χ4n) is 3.10. The standard InChI is InChI=1S/C15H31NO3/c1-14(2)12(13(18)15(3,4)19-14)11-16(5)9-7-6-8-10-17/h12-13,17-18H,6-11H2,1-5H3. The molecule has 4 nitrogen and oxygen atoms in total. The third kappa shape index (κ3) is 4.42. The van der Waals surface area contributed by atoms with E-state index in [-0.39, 0.29) is 18.1 Å². The van der Waals surface area contributed by atoms with Gasteiger partial charge in [-0.05, 0) is 60.5 Å². The highest BCUT2D eigenvalue weighted by atomic mass is 16.5. The molecule has 0 aliphatic carbocycles. The zero-order chi connectivity index (χ0) is 14.7. The third-order valence-electron chi connectivity index (χ3n) is 4.22. The molecule has 0 spiro atoms. The predicted octanol–water partition coefficient (Wildman–Crippen LogP) is 1.65. The van der Waals surface area contributed by atoms with Crippen LogP contribution in [0.3, 0.4) is 0 Å². The number of nitrogens with zero attached hydrogens (tertiary/aromatic N) is 1. The van der Waals surface area contributed by atoms with Gasteiger partial charge in [0.15, 0.2) is 0 Å². The third-order valence-corrected chi connectivity index (χ3v) is 4.22. The SMILES string of the molecule is CN(CCCCCO)CC1C(O)C(C)(C)OC1(C)C. The lowest BCUT2D eigenvalue weighted by atomic mass is 9.84. The van der Waals surface area contributed by atoms with E-state index < -0.39 is 11.7 Å². The average molecular weight is 273 g/mol. The van der Waals surface area contributed by atoms with E-state index in [1.54, 1.807) is 0 Å². The summed E-state index contributed by atoms with van der Waals surface area (Å²) in [6, 6.07) is 0. The maximum atomic E-state index is 10.4. The monoisotopic (exact) mass is 273 g/mol. The summed E-state index contributed by atoms with van der Waals surface area (Å²) in [5, 5.41) is 19.2. The first-order chi connectivity index (χ1) is 8.70. The van der Waals surface area contributed by atoms with Gasteiger partial charge in [-0.3, -0.25) is 0 Å². The Hall–Kier alpha value is -0.160. The molecule has 1 rings (SSSR count). The van der Waals surface area contributed by atoms with Crippen molar-refractivity contribution < 1.29 is 14.9 Å². The normalized spacial score (nSPS) is 29.1. The first-order valence-corrected chi connectivity index (χ1v) is 7.38. The highest BCUT2D eigenvalue weighted by molar-refractivity contribution is 5.02. The van der Waals surface area contributed by atoms with E-state index in [4.69, 9.17) is 9.84 Å². The van der Waals surface area contributed by atoms with Crippen molar-refractivity contribution in [1.82, 2.24) is 4.90 Å². The van der Waals surface area contributed by atoms with Gasteiger partial charge in [0.2, 0.25) is 0 Å². The van der Waals surface area contributed by atoms with Gasteiger partial charge in [0.05, 0.1) is 17.3 Å². The van der Waals surface area contributed by atoms with Gasteiger partial charge in [-0.15, -0.1) is 0 Å². The Morgan fingerprint density at radius 1 is 1.05 bits per heavy atom. The van der Waals surface area contributed by atoms with E-state index in [1.807, 2.05) is 13.8 Å². The van der Waals surface area contributed by atoms with E-state index in [9.17, 15) is 5.11 Å². The van der Waals surface area contributed by atoms with Crippen molar-refractivity contribution in [3.8, 4) is 0 Å². The maximum Gasteiger partial charge on any atom is 0.0896 e. The fraction of sp³-hybridized carbons (Fsp3) is 1.00. The summed E-state index contributed by atoms with van der Waals surface area (Å²) in [7, 11) is 2.09. The van der Waals surface area contributed by atoms with Crippen LogP contribution in [0.1, 0.15) is 47.0 Å². The zero-order valence-electron chi connectivity index (χ0n) is 13.1. The number of aliphatic hydroxyl groups is 2. The minimum absolute atomic E-state index is 0.130. The van der Waals surface area contributed by atoms with Crippen LogP contribution in [0.15, 0.2) is 0 Å². The molecule has 1 fully saturated rings. The average Bonchev–Trinajstić information content (AvgIpc) is 2.43. The summed E-state index contributed by atoms with van der Waals surface area (Å²) in [6.45, 7) is 10.2. The van der Waals surface area contributed by atoms with Gasteiger partial charge in [-0.2, -0.15) is 0 Å². The number of hydrogen-bond acceptors (Lipinski definition) is 4. The summed E-state index contributed by atoms with van der Waals surface area (Å²) in [5.41, 5.74) is -0.756. The molecule has 0 aromatic carbocycles. The van der Waals surface area contributed by atoms with Gasteiger partial charge in [0.1, 0.15) is 0 Å². The summed E-state index contributed by atoms with van der Waals surface area (Å²) in [5.74, 6) is 0.130. The Balaban J connectivity index is 2.46. The second-order valence-corrected chi connectivity index (χ2v) is 6.91. The highest BCUT2D eigenvalue weighted by Gasteiger charge is 2.53. The first kappa shape index (κ1) is 16.9. The molecular formula is C15H31NO3. The van der Waals surface area contributed by atoms with Crippen LogP contribution in [0, 0.1) is 5.92 Å². The molecule has 19 heavy (non-hydrogen) atoms. The quantitative estimate of drug-likeness (QED) is 0.693. The molecule has 0 amide bonds. The van der Waals surface area contributed by atoms with Gasteiger partial charge < -0.3 is 19.8 Å². The van der Waals surface area contributed by atoms with E-state index in [2.05, 4.69) is 25.8 Å². The van der Waals surface area contributed by atoms with Crippen molar-refractivity contribution in [3.63, 3.8) is 0 Å². The van der Waals surface area contributed by atoms with E-state index in [0.29, 0.717) is 0 Å².